The summed E-state index contributed by atoms with van der Waals surface area (Å²) in [7, 11) is 2.34. The van der Waals surface area contributed by atoms with Gasteiger partial charge in [0.1, 0.15) is 0 Å². The number of hydrogen-bond donors (Lipinski definition) is 1. The van der Waals surface area contributed by atoms with E-state index in [0.717, 1.165) is 12.1 Å². The molecule has 3 atom stereocenters. The van der Waals surface area contributed by atoms with Crippen LogP contribution in [-0.4, -0.2) is 60.6 Å². The van der Waals surface area contributed by atoms with Crippen LogP contribution in [0.15, 0.2) is 0 Å². The molecule has 0 aromatic heterocycles. The van der Waals surface area contributed by atoms with E-state index < -0.39 is 0 Å². The zero-order chi connectivity index (χ0) is 12.6. The van der Waals surface area contributed by atoms with Crippen molar-refractivity contribution in [2.45, 2.75) is 63.1 Å². The maximum Gasteiger partial charge on any atom is 0.0306 e. The van der Waals surface area contributed by atoms with E-state index in [1.807, 2.05) is 0 Å². The molecule has 0 aromatic carbocycles. The van der Waals surface area contributed by atoms with Crippen molar-refractivity contribution in [3.05, 3.63) is 0 Å². The van der Waals surface area contributed by atoms with Gasteiger partial charge < -0.3 is 5.32 Å². The summed E-state index contributed by atoms with van der Waals surface area (Å²) in [4.78, 5) is 5.41. The molecular formula is C15H29N3. The second-order valence-electron chi connectivity index (χ2n) is 6.74. The first-order chi connectivity index (χ1) is 8.72. The minimum atomic E-state index is 0.433. The standard InChI is InChI=1S/C15H29N3/c1-3-15(8-4-9-16-15)12-18-10-7-13-5-6-14(11-18)17(13)2/h13-14,16H,3-12H2,1-2H3. The Balaban J connectivity index is 1.63. The van der Waals surface area contributed by atoms with Crippen LogP contribution in [0.5, 0.6) is 0 Å². The molecule has 3 fully saturated rings. The molecule has 0 amide bonds. The van der Waals surface area contributed by atoms with Gasteiger partial charge in [0.05, 0.1) is 0 Å². The zero-order valence-electron chi connectivity index (χ0n) is 12.1. The van der Waals surface area contributed by atoms with Gasteiger partial charge in [0, 0.05) is 30.7 Å². The molecule has 0 aromatic rings. The number of nitrogens with one attached hydrogen (secondary N) is 1. The van der Waals surface area contributed by atoms with Gasteiger partial charge in [0.15, 0.2) is 0 Å². The van der Waals surface area contributed by atoms with Crippen molar-refractivity contribution in [2.75, 3.05) is 33.2 Å². The van der Waals surface area contributed by atoms with E-state index in [1.165, 1.54) is 64.7 Å². The van der Waals surface area contributed by atoms with Crippen LogP contribution in [0.1, 0.15) is 45.4 Å². The van der Waals surface area contributed by atoms with Crippen molar-refractivity contribution in [3.63, 3.8) is 0 Å². The van der Waals surface area contributed by atoms with Gasteiger partial charge in [-0.1, -0.05) is 6.92 Å². The zero-order valence-corrected chi connectivity index (χ0v) is 12.1. The Morgan fingerprint density at radius 3 is 2.78 bits per heavy atom. The van der Waals surface area contributed by atoms with E-state index in [1.54, 1.807) is 0 Å². The van der Waals surface area contributed by atoms with Crippen molar-refractivity contribution in [1.29, 1.82) is 0 Å². The summed E-state index contributed by atoms with van der Waals surface area (Å²) < 4.78 is 0. The second kappa shape index (κ2) is 5.10. The monoisotopic (exact) mass is 251 g/mol. The SMILES string of the molecule is CCC1(CN2CCC3CCC(C2)N3C)CCCN1. The predicted octanol–water partition coefficient (Wildman–Crippen LogP) is 1.69. The first-order valence-electron chi connectivity index (χ1n) is 7.92. The predicted molar refractivity (Wildman–Crippen MR) is 75.9 cm³/mol. The lowest BCUT2D eigenvalue weighted by Gasteiger charge is -2.36. The van der Waals surface area contributed by atoms with E-state index in [4.69, 9.17) is 0 Å². The highest BCUT2D eigenvalue weighted by Crippen LogP contribution is 2.31. The minimum Gasteiger partial charge on any atom is -0.310 e. The molecule has 3 aliphatic rings. The van der Waals surface area contributed by atoms with Crippen LogP contribution in [0.4, 0.5) is 0 Å². The van der Waals surface area contributed by atoms with Crippen LogP contribution in [-0.2, 0) is 0 Å². The fourth-order valence-electron chi connectivity index (χ4n) is 4.37. The van der Waals surface area contributed by atoms with Crippen LogP contribution in [0.25, 0.3) is 0 Å². The number of likely N-dealkylation sites (tertiary alicyclic amines) is 1. The Hall–Kier alpha value is -0.120. The molecule has 3 unspecified atom stereocenters. The Kier molecular flexibility index (Phi) is 3.65. The summed E-state index contributed by atoms with van der Waals surface area (Å²) >= 11 is 0. The third kappa shape index (κ3) is 2.33. The Labute approximate surface area is 112 Å². The highest BCUT2D eigenvalue weighted by molar-refractivity contribution is 4.97. The summed E-state index contributed by atoms with van der Waals surface area (Å²) in [6.45, 7) is 7.48. The van der Waals surface area contributed by atoms with Gasteiger partial charge in [-0.3, -0.25) is 9.80 Å². The summed E-state index contributed by atoms with van der Waals surface area (Å²) in [5, 5.41) is 3.79. The van der Waals surface area contributed by atoms with Gasteiger partial charge in [-0.05, 0) is 58.7 Å². The third-order valence-corrected chi connectivity index (χ3v) is 5.77. The topological polar surface area (TPSA) is 18.5 Å². The number of nitrogens with zero attached hydrogens (tertiary/aromatic N) is 2. The van der Waals surface area contributed by atoms with E-state index in [-0.39, 0.29) is 0 Å². The van der Waals surface area contributed by atoms with Gasteiger partial charge in [-0.2, -0.15) is 0 Å². The lowest BCUT2D eigenvalue weighted by atomic mass is 9.93. The molecule has 0 saturated carbocycles. The van der Waals surface area contributed by atoms with Crippen molar-refractivity contribution in [1.82, 2.24) is 15.1 Å². The Bertz CT molecular complexity index is 285. The molecule has 1 N–H and O–H groups in total. The van der Waals surface area contributed by atoms with Crippen LogP contribution >= 0.6 is 0 Å². The van der Waals surface area contributed by atoms with E-state index >= 15 is 0 Å². The summed E-state index contributed by atoms with van der Waals surface area (Å²) in [6.07, 6.45) is 8.27. The van der Waals surface area contributed by atoms with Gasteiger partial charge in [0.2, 0.25) is 0 Å². The van der Waals surface area contributed by atoms with Crippen molar-refractivity contribution in [3.8, 4) is 0 Å². The molecule has 0 spiro atoms. The molecule has 0 radical (unpaired) electrons. The van der Waals surface area contributed by atoms with Crippen LogP contribution in [0, 0.1) is 0 Å². The molecule has 18 heavy (non-hydrogen) atoms. The van der Waals surface area contributed by atoms with E-state index in [2.05, 4.69) is 29.1 Å². The lowest BCUT2D eigenvalue weighted by molar-refractivity contribution is 0.169. The fraction of sp³-hybridized carbons (Fsp3) is 1.00. The number of rotatable bonds is 3. The molecule has 3 nitrogen and oxygen atoms in total. The van der Waals surface area contributed by atoms with Crippen molar-refractivity contribution < 1.29 is 0 Å². The van der Waals surface area contributed by atoms with E-state index in [9.17, 15) is 0 Å². The minimum absolute atomic E-state index is 0.433. The van der Waals surface area contributed by atoms with Crippen LogP contribution in [0.2, 0.25) is 0 Å². The fourth-order valence-corrected chi connectivity index (χ4v) is 4.37. The molecule has 3 heterocycles. The molecular weight excluding hydrogens is 222 g/mol. The number of fused-ring (bicyclic) bond motifs is 2. The highest BCUT2D eigenvalue weighted by atomic mass is 15.3. The second-order valence-corrected chi connectivity index (χ2v) is 6.74. The molecule has 3 rings (SSSR count). The van der Waals surface area contributed by atoms with Gasteiger partial charge in [-0.15, -0.1) is 0 Å². The quantitative estimate of drug-likeness (QED) is 0.823. The highest BCUT2D eigenvalue weighted by Gasteiger charge is 2.38. The summed E-state index contributed by atoms with van der Waals surface area (Å²) in [5.74, 6) is 0. The number of likely N-dealkylation sites (N-methyl/N-ethyl adjacent to an activating group) is 1. The molecule has 2 bridgehead atoms. The molecule has 3 aliphatic heterocycles. The van der Waals surface area contributed by atoms with Crippen LogP contribution in [0.3, 0.4) is 0 Å². The van der Waals surface area contributed by atoms with Gasteiger partial charge in [-0.25, -0.2) is 0 Å². The molecule has 3 saturated heterocycles. The molecule has 0 aliphatic carbocycles. The number of hydrogen-bond acceptors (Lipinski definition) is 3. The largest absolute Gasteiger partial charge is 0.310 e. The average molecular weight is 251 g/mol. The average Bonchev–Trinajstić information content (AvgIpc) is 2.90. The van der Waals surface area contributed by atoms with Crippen molar-refractivity contribution >= 4 is 0 Å². The summed E-state index contributed by atoms with van der Waals surface area (Å²) in [6, 6.07) is 1.70. The lowest BCUT2D eigenvalue weighted by Crippen LogP contribution is -2.51. The molecule has 3 heteroatoms. The first kappa shape index (κ1) is 12.9. The normalized spacial score (nSPS) is 42.3. The molecule has 104 valence electrons. The smallest absolute Gasteiger partial charge is 0.0306 e. The maximum absolute atomic E-state index is 3.79. The van der Waals surface area contributed by atoms with Gasteiger partial charge >= 0.3 is 0 Å². The van der Waals surface area contributed by atoms with Gasteiger partial charge in [0.25, 0.3) is 0 Å². The summed E-state index contributed by atoms with van der Waals surface area (Å²) in [5.41, 5.74) is 0.433. The van der Waals surface area contributed by atoms with Crippen LogP contribution < -0.4 is 5.32 Å². The van der Waals surface area contributed by atoms with Crippen molar-refractivity contribution in [2.24, 2.45) is 0 Å². The Morgan fingerprint density at radius 2 is 2.06 bits per heavy atom. The first-order valence-corrected chi connectivity index (χ1v) is 7.92. The van der Waals surface area contributed by atoms with E-state index in [0.29, 0.717) is 5.54 Å². The Morgan fingerprint density at radius 1 is 1.22 bits per heavy atom. The third-order valence-electron chi connectivity index (χ3n) is 5.77. The maximum atomic E-state index is 3.79.